The van der Waals surface area contributed by atoms with E-state index in [2.05, 4.69) is 20.8 Å². The largest absolute Gasteiger partial charge is 0.176 e. The van der Waals surface area contributed by atoms with Gasteiger partial charge in [-0.2, -0.15) is 12.6 Å². The Bertz CT molecular complexity index is 993. The van der Waals surface area contributed by atoms with Crippen molar-refractivity contribution < 1.29 is 0 Å². The van der Waals surface area contributed by atoms with Gasteiger partial charge in [-0.1, -0.05) is 85.0 Å². The van der Waals surface area contributed by atoms with Crippen LogP contribution in [0.4, 0.5) is 0 Å². The van der Waals surface area contributed by atoms with Crippen molar-refractivity contribution in [2.24, 2.45) is 94.2 Å². The van der Waals surface area contributed by atoms with E-state index in [9.17, 15) is 0 Å². The Labute approximate surface area is 292 Å². The van der Waals surface area contributed by atoms with Crippen molar-refractivity contribution in [3.8, 4) is 0 Å². The average Bonchev–Trinajstić information content (AvgIpc) is 3.84. The summed E-state index contributed by atoms with van der Waals surface area (Å²) >= 11 is 5.50. The Balaban J connectivity index is 0.974. The molecule has 8 aliphatic carbocycles. The van der Waals surface area contributed by atoms with Crippen LogP contribution in [-0.4, -0.2) is 5.25 Å². The molecule has 0 amide bonds. The van der Waals surface area contributed by atoms with Crippen LogP contribution in [-0.2, 0) is 0 Å². The third-order valence-corrected chi connectivity index (χ3v) is 18.6. The summed E-state index contributed by atoms with van der Waals surface area (Å²) in [5.41, 5.74) is 0.813. The summed E-state index contributed by atoms with van der Waals surface area (Å²) in [6.07, 6.45) is 39.1. The highest BCUT2D eigenvalue weighted by molar-refractivity contribution is 7.81. The smallest absolute Gasteiger partial charge is 0.00504 e. The molecule has 0 heterocycles. The van der Waals surface area contributed by atoms with Crippen molar-refractivity contribution in [2.75, 3.05) is 0 Å². The second kappa shape index (κ2) is 14.2. The molecule has 0 N–H and O–H groups in total. The number of rotatable bonds is 4. The van der Waals surface area contributed by atoms with E-state index in [1.165, 1.54) is 51.4 Å². The third kappa shape index (κ3) is 6.97. The minimum absolute atomic E-state index is 0.673. The molecule has 0 radical (unpaired) electrons. The minimum atomic E-state index is 0.673. The second-order valence-corrected chi connectivity index (χ2v) is 21.5. The molecule has 46 heavy (non-hydrogen) atoms. The van der Waals surface area contributed by atoms with Crippen LogP contribution in [0.2, 0.25) is 0 Å². The molecule has 4 bridgehead atoms. The molecule has 8 aliphatic rings. The van der Waals surface area contributed by atoms with Crippen LogP contribution in [0.3, 0.4) is 0 Å². The Morgan fingerprint density at radius 1 is 0.413 bits per heavy atom. The summed E-state index contributed by atoms with van der Waals surface area (Å²) in [4.78, 5) is 0. The van der Waals surface area contributed by atoms with Gasteiger partial charge in [-0.05, 0) is 190 Å². The Morgan fingerprint density at radius 3 is 1.76 bits per heavy atom. The van der Waals surface area contributed by atoms with Crippen molar-refractivity contribution in [3.05, 3.63) is 0 Å². The van der Waals surface area contributed by atoms with E-state index >= 15 is 0 Å². The van der Waals surface area contributed by atoms with Crippen molar-refractivity contribution in [3.63, 3.8) is 0 Å². The Kier molecular flexibility index (Phi) is 10.3. The van der Waals surface area contributed by atoms with E-state index in [4.69, 9.17) is 12.6 Å². The molecule has 0 aromatic carbocycles. The zero-order valence-corrected chi connectivity index (χ0v) is 31.8. The predicted molar refractivity (Wildman–Crippen MR) is 200 cm³/mol. The predicted octanol–water partition coefficient (Wildman–Crippen LogP) is 13.4. The Morgan fingerprint density at radius 2 is 1.00 bits per heavy atom. The van der Waals surface area contributed by atoms with Gasteiger partial charge in [0, 0.05) is 5.25 Å². The molecule has 15 atom stereocenters. The molecule has 262 valence electrons. The van der Waals surface area contributed by atoms with Crippen LogP contribution in [0, 0.1) is 94.2 Å². The molecule has 0 nitrogen and oxygen atoms in total. The molecular weight excluding hydrogens is 573 g/mol. The monoisotopic (exact) mass is 649 g/mol. The molecule has 8 saturated carbocycles. The van der Waals surface area contributed by atoms with Gasteiger partial charge in [0.25, 0.3) is 0 Å². The van der Waals surface area contributed by atoms with Gasteiger partial charge in [0.05, 0.1) is 0 Å². The molecule has 1 heteroatoms. The van der Waals surface area contributed by atoms with Crippen molar-refractivity contribution in [1.29, 1.82) is 0 Å². The van der Waals surface area contributed by atoms with E-state index in [1.807, 2.05) is 0 Å². The summed E-state index contributed by atoms with van der Waals surface area (Å²) in [5, 5.41) is 0.673. The first-order chi connectivity index (χ1) is 22.3. The van der Waals surface area contributed by atoms with Crippen LogP contribution in [0.15, 0.2) is 0 Å². The minimum Gasteiger partial charge on any atom is -0.176 e. The standard InChI is InChI=1S/C45H76S/c1-29-11-12-30(2)21-36(16-13-29)41-18-17-34(27-43(41)46)33-15-14-31(3)22-37(23-33)38-24-39-28-45(19-20-45)40-10-5-4-7-35(25-40)42(26-38)44(39)32-8-6-9-32/h29-44,46H,4-28H2,1-3H3/t29?,30?,31?,33-,34?,35?,36?,37?,38?,39?,40?,41-,42?,43?,44?/m1/s1. The summed E-state index contributed by atoms with van der Waals surface area (Å²) in [6.45, 7) is 7.76. The van der Waals surface area contributed by atoms with Gasteiger partial charge in [0.1, 0.15) is 0 Å². The molecule has 0 aromatic heterocycles. The average molecular weight is 649 g/mol. The highest BCUT2D eigenvalue weighted by Crippen LogP contribution is 2.67. The van der Waals surface area contributed by atoms with Gasteiger partial charge in [0.2, 0.25) is 0 Å². The lowest BCUT2D eigenvalue weighted by molar-refractivity contribution is -0.0590. The van der Waals surface area contributed by atoms with Gasteiger partial charge in [-0.3, -0.25) is 0 Å². The highest BCUT2D eigenvalue weighted by atomic mass is 32.1. The maximum Gasteiger partial charge on any atom is 0.00504 e. The molecule has 8 fully saturated rings. The summed E-state index contributed by atoms with van der Waals surface area (Å²) in [6, 6.07) is 0. The SMILES string of the molecule is CC1CCC(C)CC([C@H]2CCC([C@@H]3CCC(C)CC(C4CC5CC6(CC6)C6CCCCC(C6)C(C4)C5C4CCC4)C3)CC2S)CC1. The van der Waals surface area contributed by atoms with Crippen LogP contribution in [0.5, 0.6) is 0 Å². The number of hydrogen-bond acceptors (Lipinski definition) is 1. The normalized spacial score (nSPS) is 51.8. The van der Waals surface area contributed by atoms with Gasteiger partial charge < -0.3 is 0 Å². The third-order valence-electron chi connectivity index (χ3n) is 18.0. The molecular formula is C45H76S. The van der Waals surface area contributed by atoms with Gasteiger partial charge >= 0.3 is 0 Å². The van der Waals surface area contributed by atoms with Gasteiger partial charge in [-0.25, -0.2) is 0 Å². The quantitative estimate of drug-likeness (QED) is 0.228. The van der Waals surface area contributed by atoms with E-state index in [1.54, 1.807) is 109 Å². The van der Waals surface area contributed by atoms with Crippen molar-refractivity contribution in [1.82, 2.24) is 0 Å². The van der Waals surface area contributed by atoms with Crippen LogP contribution >= 0.6 is 12.6 Å². The maximum atomic E-state index is 5.50. The lowest BCUT2D eigenvalue weighted by Crippen LogP contribution is -2.47. The van der Waals surface area contributed by atoms with Crippen LogP contribution in [0.1, 0.15) is 181 Å². The van der Waals surface area contributed by atoms with Gasteiger partial charge in [-0.15, -0.1) is 0 Å². The van der Waals surface area contributed by atoms with E-state index in [-0.39, 0.29) is 0 Å². The molecule has 0 aliphatic heterocycles. The first kappa shape index (κ1) is 33.5. The molecule has 0 saturated heterocycles. The second-order valence-electron chi connectivity index (χ2n) is 20.8. The van der Waals surface area contributed by atoms with E-state index in [0.29, 0.717) is 5.25 Å². The summed E-state index contributed by atoms with van der Waals surface area (Å²) in [5.74, 6) is 15.5. The maximum absolute atomic E-state index is 5.50. The molecule has 1 spiro atoms. The summed E-state index contributed by atoms with van der Waals surface area (Å²) in [7, 11) is 0. The zero-order chi connectivity index (χ0) is 31.4. The fourth-order valence-corrected chi connectivity index (χ4v) is 15.7. The van der Waals surface area contributed by atoms with Crippen LogP contribution < -0.4 is 0 Å². The fourth-order valence-electron chi connectivity index (χ4n) is 15.1. The molecule has 8 rings (SSSR count). The Hall–Kier alpha value is 0.350. The first-order valence-electron chi connectivity index (χ1n) is 22.0. The molecule has 13 unspecified atom stereocenters. The van der Waals surface area contributed by atoms with Crippen LogP contribution in [0.25, 0.3) is 0 Å². The lowest BCUT2D eigenvalue weighted by atomic mass is 9.50. The highest BCUT2D eigenvalue weighted by Gasteiger charge is 2.58. The van der Waals surface area contributed by atoms with E-state index in [0.717, 1.165) is 94.2 Å². The number of fused-ring (bicyclic) bond motifs is 6. The van der Waals surface area contributed by atoms with E-state index < -0.39 is 0 Å². The summed E-state index contributed by atoms with van der Waals surface area (Å²) < 4.78 is 0. The topological polar surface area (TPSA) is 0 Å². The number of thiol groups is 1. The fraction of sp³-hybridized carbons (Fsp3) is 1.00. The zero-order valence-electron chi connectivity index (χ0n) is 30.9. The van der Waals surface area contributed by atoms with Gasteiger partial charge in [0.15, 0.2) is 0 Å². The first-order valence-corrected chi connectivity index (χ1v) is 22.5. The lowest BCUT2D eigenvalue weighted by Gasteiger charge is -2.55. The number of hydrogen-bond donors (Lipinski definition) is 1. The van der Waals surface area contributed by atoms with Crippen molar-refractivity contribution in [2.45, 2.75) is 187 Å². The molecule has 0 aromatic rings. The van der Waals surface area contributed by atoms with Crippen molar-refractivity contribution >= 4 is 12.6 Å².